The predicted molar refractivity (Wildman–Crippen MR) is 156 cm³/mol. The number of unbranched alkanes of at least 4 members (excludes halogenated alkanes) is 1. The number of ether oxygens (including phenoxy) is 1. The molecule has 13 nitrogen and oxygen atoms in total. The highest BCUT2D eigenvalue weighted by atomic mass is 32.2. The molecule has 0 saturated carbocycles. The van der Waals surface area contributed by atoms with E-state index in [1.165, 1.54) is 42.5 Å². The fraction of sp³-hybridized carbons (Fsp3) is 0.286. The van der Waals surface area contributed by atoms with Crippen molar-refractivity contribution in [3.05, 3.63) is 65.5 Å². The Balaban J connectivity index is 1.72. The molecule has 0 aliphatic carbocycles. The van der Waals surface area contributed by atoms with Crippen molar-refractivity contribution < 1.29 is 37.7 Å². The number of aromatic hydroxyl groups is 2. The summed E-state index contributed by atoms with van der Waals surface area (Å²) < 4.78 is 48.1. The molecule has 0 spiro atoms. The maximum absolute atomic E-state index is 14.8. The number of carbonyl (C=O) groups excluding carboxylic acids is 1. The number of nitrogens with zero attached hydrogens (tertiary/aromatic N) is 3. The van der Waals surface area contributed by atoms with Crippen LogP contribution in [0.1, 0.15) is 30.9 Å². The lowest BCUT2D eigenvalue weighted by Gasteiger charge is -2.12. The monoisotopic (exact) mass is 614 g/mol. The Kier molecular flexibility index (Phi) is 11.8. The van der Waals surface area contributed by atoms with E-state index < -0.39 is 38.6 Å². The number of azo groups is 1. The molecule has 2 amide bonds. The Morgan fingerprint density at radius 2 is 1.70 bits per heavy atom. The minimum atomic E-state index is -4.01. The predicted octanol–water partition coefficient (Wildman–Crippen LogP) is 4.80. The first kappa shape index (κ1) is 32.7. The SMILES string of the molecule is CCCCNC(=O)Nc1ccc(NS(=O)(=O)c2ccc(N=Nc3c(O)c(CCOCCO)c(O)c(C#N)c3F)cc2)cc1. The molecule has 228 valence electrons. The second kappa shape index (κ2) is 15.4. The molecular weight excluding hydrogens is 583 g/mol. The summed E-state index contributed by atoms with van der Waals surface area (Å²) in [6.45, 7) is 2.27. The van der Waals surface area contributed by atoms with Crippen molar-refractivity contribution in [2.24, 2.45) is 10.2 Å². The van der Waals surface area contributed by atoms with Crippen molar-refractivity contribution in [2.75, 3.05) is 36.4 Å². The number of phenols is 2. The summed E-state index contributed by atoms with van der Waals surface area (Å²) in [5.41, 5.74) is -0.783. The van der Waals surface area contributed by atoms with Crippen LogP contribution in [0.5, 0.6) is 11.5 Å². The molecule has 0 bridgehead atoms. The van der Waals surface area contributed by atoms with Crippen LogP contribution in [-0.4, -0.2) is 56.1 Å². The van der Waals surface area contributed by atoms with Gasteiger partial charge in [-0.25, -0.2) is 17.6 Å². The summed E-state index contributed by atoms with van der Waals surface area (Å²) in [4.78, 5) is 11.8. The molecule has 0 fully saturated rings. The van der Waals surface area contributed by atoms with Gasteiger partial charge < -0.3 is 30.7 Å². The van der Waals surface area contributed by atoms with Crippen molar-refractivity contribution in [1.82, 2.24) is 5.32 Å². The zero-order chi connectivity index (χ0) is 31.4. The summed E-state index contributed by atoms with van der Waals surface area (Å²) in [5.74, 6) is -2.79. The number of amides is 2. The average molecular weight is 615 g/mol. The maximum Gasteiger partial charge on any atom is 0.319 e. The standard InChI is InChI=1S/C28H31FN6O7S/c1-2-3-13-31-28(39)32-18-4-6-20(7-5-18)35-43(40,41)21-10-8-19(9-11-21)33-34-25-24(29)23(17-30)26(37)22(27(25)38)12-15-42-16-14-36/h4-11,35-38H,2-3,12-16H2,1H3,(H2,31,32,39). The molecule has 0 heterocycles. The Morgan fingerprint density at radius 3 is 2.33 bits per heavy atom. The third-order valence-electron chi connectivity index (χ3n) is 5.93. The lowest BCUT2D eigenvalue weighted by atomic mass is 10.0. The minimum absolute atomic E-state index is 0.00468. The van der Waals surface area contributed by atoms with Gasteiger partial charge in [-0.05, 0) is 55.0 Å². The van der Waals surface area contributed by atoms with E-state index in [1.807, 2.05) is 6.92 Å². The number of hydrogen-bond donors (Lipinski definition) is 6. The van der Waals surface area contributed by atoms with Crippen LogP contribution in [0.15, 0.2) is 63.7 Å². The molecule has 6 N–H and O–H groups in total. The van der Waals surface area contributed by atoms with Gasteiger partial charge in [0.05, 0.1) is 30.4 Å². The highest BCUT2D eigenvalue weighted by Gasteiger charge is 2.24. The van der Waals surface area contributed by atoms with Crippen LogP contribution in [0.3, 0.4) is 0 Å². The number of carbonyl (C=O) groups is 1. The normalized spacial score (nSPS) is 11.3. The quantitative estimate of drug-likeness (QED) is 0.110. The molecule has 15 heteroatoms. The van der Waals surface area contributed by atoms with Crippen LogP contribution in [0, 0.1) is 17.1 Å². The highest BCUT2D eigenvalue weighted by molar-refractivity contribution is 7.92. The number of halogens is 1. The van der Waals surface area contributed by atoms with Gasteiger partial charge in [-0.2, -0.15) is 10.4 Å². The topological polar surface area (TPSA) is 206 Å². The van der Waals surface area contributed by atoms with E-state index in [9.17, 15) is 33.1 Å². The Morgan fingerprint density at radius 1 is 1.02 bits per heavy atom. The number of rotatable bonds is 14. The van der Waals surface area contributed by atoms with Crippen molar-refractivity contribution in [3.8, 4) is 17.6 Å². The van der Waals surface area contributed by atoms with Crippen LogP contribution >= 0.6 is 0 Å². The molecule has 0 unspecified atom stereocenters. The van der Waals surface area contributed by atoms with Gasteiger partial charge in [0.2, 0.25) is 0 Å². The number of aliphatic hydroxyl groups excluding tert-OH is 1. The van der Waals surface area contributed by atoms with Gasteiger partial charge in [0, 0.05) is 29.9 Å². The van der Waals surface area contributed by atoms with Crippen LogP contribution in [0.4, 0.5) is 31.9 Å². The van der Waals surface area contributed by atoms with Gasteiger partial charge >= 0.3 is 6.03 Å². The molecule has 0 aromatic heterocycles. The van der Waals surface area contributed by atoms with E-state index in [4.69, 9.17) is 9.84 Å². The van der Waals surface area contributed by atoms with Crippen LogP contribution < -0.4 is 15.4 Å². The van der Waals surface area contributed by atoms with Crippen LogP contribution in [0.25, 0.3) is 0 Å². The van der Waals surface area contributed by atoms with Crippen molar-refractivity contribution in [3.63, 3.8) is 0 Å². The number of hydrogen-bond acceptors (Lipinski definition) is 10. The largest absolute Gasteiger partial charge is 0.506 e. The first-order valence-corrected chi connectivity index (χ1v) is 14.6. The number of phenolic OH excluding ortho intramolecular Hbond substituents is 2. The van der Waals surface area contributed by atoms with E-state index >= 15 is 0 Å². The maximum atomic E-state index is 14.8. The fourth-order valence-corrected chi connectivity index (χ4v) is 4.75. The van der Waals surface area contributed by atoms with E-state index in [1.54, 1.807) is 12.1 Å². The average Bonchev–Trinajstić information content (AvgIpc) is 2.98. The summed E-state index contributed by atoms with van der Waals surface area (Å²) in [6.07, 6.45) is 1.69. The molecule has 3 aromatic rings. The lowest BCUT2D eigenvalue weighted by molar-refractivity contribution is 0.0939. The van der Waals surface area contributed by atoms with Gasteiger partial charge in [-0.1, -0.05) is 13.3 Å². The Labute approximate surface area is 247 Å². The van der Waals surface area contributed by atoms with Crippen molar-refractivity contribution >= 4 is 38.8 Å². The van der Waals surface area contributed by atoms with Gasteiger partial charge in [0.1, 0.15) is 17.4 Å². The number of aliphatic hydroxyl groups is 1. The first-order valence-electron chi connectivity index (χ1n) is 13.2. The second-order valence-electron chi connectivity index (χ2n) is 9.02. The number of benzene rings is 3. The van der Waals surface area contributed by atoms with Crippen LogP contribution in [-0.2, 0) is 21.2 Å². The molecular formula is C28H31FN6O7S. The van der Waals surface area contributed by atoms with Gasteiger partial charge in [0.15, 0.2) is 17.3 Å². The van der Waals surface area contributed by atoms with Gasteiger partial charge in [-0.15, -0.1) is 5.11 Å². The van der Waals surface area contributed by atoms with Gasteiger partial charge in [0.25, 0.3) is 10.0 Å². The van der Waals surface area contributed by atoms with Gasteiger partial charge in [-0.3, -0.25) is 4.72 Å². The molecule has 0 atom stereocenters. The number of urea groups is 1. The zero-order valence-corrected chi connectivity index (χ0v) is 24.0. The fourth-order valence-electron chi connectivity index (χ4n) is 3.69. The Hall–Kier alpha value is -4.78. The molecule has 43 heavy (non-hydrogen) atoms. The number of nitriles is 1. The third kappa shape index (κ3) is 8.85. The van der Waals surface area contributed by atoms with E-state index in [2.05, 4.69) is 25.6 Å². The molecule has 0 radical (unpaired) electrons. The third-order valence-corrected chi connectivity index (χ3v) is 7.32. The van der Waals surface area contributed by atoms with E-state index in [-0.39, 0.29) is 54.1 Å². The lowest BCUT2D eigenvalue weighted by Crippen LogP contribution is -2.29. The number of anilines is 2. The molecule has 3 rings (SSSR count). The highest BCUT2D eigenvalue weighted by Crippen LogP contribution is 2.42. The molecule has 0 aliphatic heterocycles. The molecule has 3 aromatic carbocycles. The molecule has 0 aliphatic rings. The summed E-state index contributed by atoms with van der Waals surface area (Å²) in [5, 5.41) is 51.7. The Bertz CT molecular complexity index is 1590. The number of nitrogens with one attached hydrogen (secondary N) is 3. The van der Waals surface area contributed by atoms with E-state index in [0.29, 0.717) is 12.2 Å². The van der Waals surface area contributed by atoms with Crippen molar-refractivity contribution in [1.29, 1.82) is 5.26 Å². The zero-order valence-electron chi connectivity index (χ0n) is 23.2. The first-order chi connectivity index (χ1) is 20.6. The number of sulfonamides is 1. The summed E-state index contributed by atoms with van der Waals surface area (Å²) >= 11 is 0. The van der Waals surface area contributed by atoms with E-state index in [0.717, 1.165) is 12.8 Å². The summed E-state index contributed by atoms with van der Waals surface area (Å²) in [6, 6.07) is 12.3. The second-order valence-corrected chi connectivity index (χ2v) is 10.7. The minimum Gasteiger partial charge on any atom is -0.506 e. The summed E-state index contributed by atoms with van der Waals surface area (Å²) in [7, 11) is -4.01. The molecule has 0 saturated heterocycles. The smallest absolute Gasteiger partial charge is 0.319 e. The van der Waals surface area contributed by atoms with Crippen LogP contribution in [0.2, 0.25) is 0 Å². The van der Waals surface area contributed by atoms with Crippen molar-refractivity contribution in [2.45, 2.75) is 31.1 Å².